The average molecular weight is 537 g/mol. The summed E-state index contributed by atoms with van der Waals surface area (Å²) in [4.78, 5) is 27.4. The Kier molecular flexibility index (Phi) is 8.67. The Bertz CT molecular complexity index is 1320. The third-order valence-electron chi connectivity index (χ3n) is 7.48. The van der Waals surface area contributed by atoms with Crippen LogP contribution in [0.2, 0.25) is 0 Å². The maximum absolute atomic E-state index is 13.0. The van der Waals surface area contributed by atoms with E-state index in [9.17, 15) is 14.7 Å². The van der Waals surface area contributed by atoms with E-state index in [0.717, 1.165) is 59.2 Å². The molecule has 1 saturated heterocycles. The number of rotatable bonds is 7. The third kappa shape index (κ3) is 6.28. The number of benzene rings is 2. The highest BCUT2D eigenvalue weighted by atomic mass is 16.6. The van der Waals surface area contributed by atoms with Crippen molar-refractivity contribution in [2.75, 3.05) is 27.4 Å². The fraction of sp³-hybridized carbons (Fsp3) is 0.484. The molecule has 0 amide bonds. The normalized spacial score (nSPS) is 18.2. The summed E-state index contributed by atoms with van der Waals surface area (Å²) in [6, 6.07) is 11.6. The van der Waals surface area contributed by atoms with Crippen molar-refractivity contribution < 1.29 is 28.9 Å². The topological polar surface area (TPSA) is 90.2 Å². The highest BCUT2D eigenvalue weighted by Gasteiger charge is 2.31. The van der Waals surface area contributed by atoms with Crippen molar-refractivity contribution in [3.63, 3.8) is 0 Å². The molecule has 8 heteroatoms. The molecule has 3 aromatic rings. The number of nitrogens with zero attached hydrogens (tertiary/aromatic N) is 2. The number of piperidine rings is 1. The van der Waals surface area contributed by atoms with Gasteiger partial charge in [0.1, 0.15) is 11.4 Å². The van der Waals surface area contributed by atoms with Crippen LogP contribution in [-0.2, 0) is 16.0 Å². The summed E-state index contributed by atoms with van der Waals surface area (Å²) in [5.41, 5.74) is 3.77. The molecule has 2 heterocycles. The lowest BCUT2D eigenvalue weighted by Crippen LogP contribution is -2.37. The molecule has 39 heavy (non-hydrogen) atoms. The van der Waals surface area contributed by atoms with Gasteiger partial charge in [0.25, 0.3) is 0 Å². The molecule has 8 nitrogen and oxygen atoms in total. The zero-order chi connectivity index (χ0) is 28.3. The monoisotopic (exact) mass is 536 g/mol. The van der Waals surface area contributed by atoms with E-state index in [-0.39, 0.29) is 18.6 Å². The van der Waals surface area contributed by atoms with E-state index in [4.69, 9.17) is 14.2 Å². The number of fused-ring (bicyclic) bond motifs is 1. The predicted molar refractivity (Wildman–Crippen MR) is 150 cm³/mol. The van der Waals surface area contributed by atoms with E-state index in [2.05, 4.69) is 4.90 Å². The van der Waals surface area contributed by atoms with Crippen LogP contribution in [0.15, 0.2) is 42.6 Å². The Morgan fingerprint density at radius 3 is 2.44 bits per heavy atom. The molecule has 0 radical (unpaired) electrons. The molecule has 2 unspecified atom stereocenters. The van der Waals surface area contributed by atoms with Gasteiger partial charge in [0.15, 0.2) is 0 Å². The van der Waals surface area contributed by atoms with Crippen LogP contribution in [0.5, 0.6) is 5.75 Å². The van der Waals surface area contributed by atoms with Gasteiger partial charge in [-0.2, -0.15) is 0 Å². The quantitative estimate of drug-likeness (QED) is 0.378. The highest BCUT2D eigenvalue weighted by Crippen LogP contribution is 2.40. The van der Waals surface area contributed by atoms with Crippen LogP contribution < -0.4 is 4.74 Å². The number of ether oxygens (including phenoxy) is 3. The Morgan fingerprint density at radius 2 is 1.82 bits per heavy atom. The first-order valence-electron chi connectivity index (χ1n) is 13.5. The van der Waals surface area contributed by atoms with E-state index >= 15 is 0 Å². The Labute approximate surface area is 230 Å². The minimum absolute atomic E-state index is 0.0935. The molecule has 0 bridgehead atoms. The summed E-state index contributed by atoms with van der Waals surface area (Å²) in [5.74, 6) is 0.824. The Hall–Kier alpha value is -3.36. The number of aryl methyl sites for hydroxylation is 1. The van der Waals surface area contributed by atoms with E-state index < -0.39 is 11.7 Å². The number of hydrogen-bond acceptors (Lipinski definition) is 7. The van der Waals surface area contributed by atoms with Crippen molar-refractivity contribution in [2.45, 2.75) is 65.1 Å². The summed E-state index contributed by atoms with van der Waals surface area (Å²) in [6.07, 6.45) is 4.00. The first kappa shape index (κ1) is 28.6. The highest BCUT2D eigenvalue weighted by molar-refractivity contribution is 5.95. The number of methoxy groups -OCH3 is 2. The van der Waals surface area contributed by atoms with E-state index in [1.165, 1.54) is 7.11 Å². The van der Waals surface area contributed by atoms with Gasteiger partial charge < -0.3 is 19.3 Å². The number of likely N-dealkylation sites (tertiary alicyclic amines) is 1. The number of aliphatic hydroxyl groups excluding tert-OH is 1. The molecule has 0 aliphatic carbocycles. The number of aliphatic hydroxyl groups is 1. The van der Waals surface area contributed by atoms with Crippen molar-refractivity contribution >= 4 is 23.0 Å². The fourth-order valence-corrected chi connectivity index (χ4v) is 5.60. The van der Waals surface area contributed by atoms with Crippen LogP contribution in [0.4, 0.5) is 4.79 Å². The van der Waals surface area contributed by atoms with Gasteiger partial charge in [0.2, 0.25) is 0 Å². The molecule has 1 aliphatic rings. The Morgan fingerprint density at radius 1 is 1.10 bits per heavy atom. The largest absolute Gasteiger partial charge is 0.496 e. The summed E-state index contributed by atoms with van der Waals surface area (Å²) < 4.78 is 18.0. The lowest BCUT2D eigenvalue weighted by molar-refractivity contribution is 0.0542. The van der Waals surface area contributed by atoms with Gasteiger partial charge in [-0.05, 0) is 94.8 Å². The smallest absolute Gasteiger partial charge is 0.419 e. The van der Waals surface area contributed by atoms with Gasteiger partial charge in [-0.25, -0.2) is 9.59 Å². The lowest BCUT2D eigenvalue weighted by Gasteiger charge is -2.40. The van der Waals surface area contributed by atoms with Crippen LogP contribution in [0.3, 0.4) is 0 Å². The third-order valence-corrected chi connectivity index (χ3v) is 7.48. The van der Waals surface area contributed by atoms with Crippen LogP contribution in [0, 0.1) is 12.8 Å². The molecular weight excluding hydrogens is 496 g/mol. The van der Waals surface area contributed by atoms with Gasteiger partial charge in [-0.1, -0.05) is 12.1 Å². The second-order valence-electron chi connectivity index (χ2n) is 11.3. The zero-order valence-electron chi connectivity index (χ0n) is 23.8. The summed E-state index contributed by atoms with van der Waals surface area (Å²) in [6.45, 7) is 9.18. The van der Waals surface area contributed by atoms with E-state index in [1.54, 1.807) is 30.0 Å². The minimum atomic E-state index is -0.605. The predicted octanol–water partition coefficient (Wildman–Crippen LogP) is 5.86. The van der Waals surface area contributed by atoms with Crippen molar-refractivity contribution in [2.24, 2.45) is 5.92 Å². The first-order chi connectivity index (χ1) is 18.6. The van der Waals surface area contributed by atoms with E-state index in [1.807, 2.05) is 52.0 Å². The molecule has 1 aliphatic heterocycles. The van der Waals surface area contributed by atoms with Crippen molar-refractivity contribution in [3.8, 4) is 5.75 Å². The molecule has 4 rings (SSSR count). The number of aromatic nitrogens is 1. The number of esters is 1. The molecule has 0 saturated carbocycles. The van der Waals surface area contributed by atoms with Crippen molar-refractivity contribution in [3.05, 3.63) is 64.8 Å². The molecule has 2 atom stereocenters. The minimum Gasteiger partial charge on any atom is -0.496 e. The maximum Gasteiger partial charge on any atom is 0.419 e. The fourth-order valence-electron chi connectivity index (χ4n) is 5.60. The molecule has 1 N–H and O–H groups in total. The first-order valence-corrected chi connectivity index (χ1v) is 13.5. The van der Waals surface area contributed by atoms with Gasteiger partial charge in [-0.3, -0.25) is 9.47 Å². The lowest BCUT2D eigenvalue weighted by atomic mass is 9.84. The van der Waals surface area contributed by atoms with Gasteiger partial charge in [0.05, 0.1) is 25.3 Å². The van der Waals surface area contributed by atoms with Crippen molar-refractivity contribution in [1.82, 2.24) is 9.47 Å². The van der Waals surface area contributed by atoms with Gasteiger partial charge >= 0.3 is 12.1 Å². The molecule has 1 fully saturated rings. The summed E-state index contributed by atoms with van der Waals surface area (Å²) >= 11 is 0. The molecular formula is C31H40N2O6. The van der Waals surface area contributed by atoms with Crippen LogP contribution in [0.1, 0.15) is 73.1 Å². The standard InChI is InChI=1S/C31H40N2O6/c1-20-17-27(37-5)25(24-12-15-33(28(20)24)30(36)39-31(2,3)4)19-32-14-11-21(13-16-34)18-26(32)22-7-9-23(10-8-22)29(35)38-6/h7-10,12,15,17,21,26,34H,11,13-14,16,18-19H2,1-6H3. The zero-order valence-corrected chi connectivity index (χ0v) is 23.8. The van der Waals surface area contributed by atoms with Crippen LogP contribution in [-0.4, -0.2) is 59.6 Å². The molecule has 1 aromatic heterocycles. The molecule has 2 aromatic carbocycles. The average Bonchev–Trinajstić information content (AvgIpc) is 3.36. The number of carbonyl (C=O) groups excluding carboxylic acids is 2. The van der Waals surface area contributed by atoms with Crippen LogP contribution >= 0.6 is 0 Å². The second kappa shape index (κ2) is 11.8. The molecule has 210 valence electrons. The summed E-state index contributed by atoms with van der Waals surface area (Å²) in [7, 11) is 3.05. The Balaban J connectivity index is 1.72. The SMILES string of the molecule is COC(=O)c1ccc(C2CC(CCO)CCN2Cc2c(OC)cc(C)c3c2ccn3C(=O)OC(C)(C)C)cc1. The van der Waals surface area contributed by atoms with Crippen LogP contribution in [0.25, 0.3) is 10.9 Å². The second-order valence-corrected chi connectivity index (χ2v) is 11.3. The number of carbonyl (C=O) groups is 2. The van der Waals surface area contributed by atoms with Crippen molar-refractivity contribution in [1.29, 1.82) is 0 Å². The van der Waals surface area contributed by atoms with Gasteiger partial charge in [0, 0.05) is 36.3 Å². The van der Waals surface area contributed by atoms with E-state index in [0.29, 0.717) is 18.0 Å². The van der Waals surface area contributed by atoms with Gasteiger partial charge in [-0.15, -0.1) is 0 Å². The number of hydrogen-bond donors (Lipinski definition) is 1. The molecule has 0 spiro atoms. The maximum atomic E-state index is 13.0. The summed E-state index contributed by atoms with van der Waals surface area (Å²) in [5, 5.41) is 10.6.